The first-order valence-corrected chi connectivity index (χ1v) is 10.7. The van der Waals surface area contributed by atoms with Crippen molar-refractivity contribution in [3.63, 3.8) is 0 Å². The molecule has 29 heavy (non-hydrogen) atoms. The Labute approximate surface area is 179 Å². The first-order chi connectivity index (χ1) is 13.8. The molecule has 1 aliphatic rings. The van der Waals surface area contributed by atoms with Crippen LogP contribution >= 0.6 is 22.9 Å². The number of carbonyl (C=O) groups is 3. The first kappa shape index (κ1) is 21.5. The molecular weight excluding hydrogens is 410 g/mol. The van der Waals surface area contributed by atoms with Gasteiger partial charge in [-0.05, 0) is 48.7 Å². The maximum Gasteiger partial charge on any atom is 0.261 e. The molecule has 1 aromatic heterocycles. The zero-order valence-corrected chi connectivity index (χ0v) is 17.8. The van der Waals surface area contributed by atoms with Crippen LogP contribution in [0.5, 0.6) is 0 Å². The zero-order chi connectivity index (χ0) is 21.0. The lowest BCUT2D eigenvalue weighted by Gasteiger charge is -2.16. The number of hydrogen-bond acceptors (Lipinski definition) is 5. The van der Waals surface area contributed by atoms with Crippen molar-refractivity contribution >= 4 is 40.5 Å². The summed E-state index contributed by atoms with van der Waals surface area (Å²) in [6.45, 7) is 2.00. The van der Waals surface area contributed by atoms with Gasteiger partial charge in [0.15, 0.2) is 5.78 Å². The van der Waals surface area contributed by atoms with Gasteiger partial charge in [-0.15, -0.1) is 11.3 Å². The summed E-state index contributed by atoms with van der Waals surface area (Å²) in [6, 6.07) is 8.31. The molecule has 8 heteroatoms. The summed E-state index contributed by atoms with van der Waals surface area (Å²) in [4.78, 5) is 39.4. The van der Waals surface area contributed by atoms with E-state index in [9.17, 15) is 14.4 Å². The molecule has 154 valence electrons. The molecule has 0 fully saturated rings. The maximum atomic E-state index is 12.9. The molecule has 2 heterocycles. The fourth-order valence-electron chi connectivity index (χ4n) is 3.44. The lowest BCUT2D eigenvalue weighted by Crippen LogP contribution is -2.43. The van der Waals surface area contributed by atoms with Gasteiger partial charge < -0.3 is 16.0 Å². The second kappa shape index (κ2) is 9.52. The minimum absolute atomic E-state index is 0.131. The van der Waals surface area contributed by atoms with Crippen molar-refractivity contribution in [3.8, 4) is 0 Å². The smallest absolute Gasteiger partial charge is 0.261 e. The number of primary amides is 1. The molecule has 0 radical (unpaired) electrons. The van der Waals surface area contributed by atoms with Crippen LogP contribution < -0.4 is 11.1 Å². The number of rotatable bonds is 7. The number of carbonyl (C=O) groups excluding carboxylic acids is 3. The van der Waals surface area contributed by atoms with E-state index in [1.54, 1.807) is 12.1 Å². The summed E-state index contributed by atoms with van der Waals surface area (Å²) >= 11 is 6.98. The second-order valence-corrected chi connectivity index (χ2v) is 9.06. The van der Waals surface area contributed by atoms with Crippen LogP contribution in [0.15, 0.2) is 30.3 Å². The van der Waals surface area contributed by atoms with Crippen molar-refractivity contribution in [3.05, 3.63) is 56.2 Å². The Morgan fingerprint density at radius 1 is 1.17 bits per heavy atom. The van der Waals surface area contributed by atoms with E-state index in [0.29, 0.717) is 9.21 Å². The monoisotopic (exact) mass is 433 g/mol. The van der Waals surface area contributed by atoms with E-state index in [1.165, 1.54) is 11.1 Å². The summed E-state index contributed by atoms with van der Waals surface area (Å²) in [7, 11) is 2.11. The average Bonchev–Trinajstić information content (AvgIpc) is 3.02. The third-order valence-electron chi connectivity index (χ3n) is 5.07. The molecule has 0 aliphatic carbocycles. The van der Waals surface area contributed by atoms with Gasteiger partial charge in [0.1, 0.15) is 0 Å². The van der Waals surface area contributed by atoms with Crippen molar-refractivity contribution in [2.24, 2.45) is 5.73 Å². The highest BCUT2D eigenvalue weighted by Crippen LogP contribution is 2.22. The van der Waals surface area contributed by atoms with Crippen LogP contribution in [0, 0.1) is 0 Å². The number of halogens is 1. The number of nitrogens with zero attached hydrogens (tertiary/aromatic N) is 1. The fourth-order valence-corrected chi connectivity index (χ4v) is 4.38. The molecule has 2 amide bonds. The molecule has 0 unspecified atom stereocenters. The van der Waals surface area contributed by atoms with Gasteiger partial charge in [0, 0.05) is 19.5 Å². The number of ketones is 1. The van der Waals surface area contributed by atoms with Crippen molar-refractivity contribution in [2.75, 3.05) is 20.1 Å². The lowest BCUT2D eigenvalue weighted by atomic mass is 9.95. The number of nitrogens with one attached hydrogen (secondary N) is 1. The molecule has 1 atom stereocenters. The Balaban J connectivity index is 1.71. The van der Waals surface area contributed by atoms with E-state index in [-0.39, 0.29) is 18.6 Å². The number of fused-ring (bicyclic) bond motifs is 1. The van der Waals surface area contributed by atoms with E-state index < -0.39 is 17.9 Å². The fraction of sp³-hybridized carbons (Fsp3) is 0.381. The summed E-state index contributed by atoms with van der Waals surface area (Å²) in [5, 5.41) is 2.63. The van der Waals surface area contributed by atoms with Crippen molar-refractivity contribution < 1.29 is 14.4 Å². The Bertz CT molecular complexity index is 928. The molecule has 0 saturated heterocycles. The normalized spacial score (nSPS) is 15.2. The van der Waals surface area contributed by atoms with Gasteiger partial charge in [-0.1, -0.05) is 29.8 Å². The van der Waals surface area contributed by atoms with Crippen LogP contribution in [0.3, 0.4) is 0 Å². The van der Waals surface area contributed by atoms with Crippen LogP contribution in [-0.4, -0.2) is 48.7 Å². The Hall–Kier alpha value is -2.22. The van der Waals surface area contributed by atoms with E-state index in [2.05, 4.69) is 29.4 Å². The van der Waals surface area contributed by atoms with Gasteiger partial charge in [0.2, 0.25) is 5.91 Å². The van der Waals surface area contributed by atoms with Crippen LogP contribution in [-0.2, 0) is 28.9 Å². The Morgan fingerprint density at radius 3 is 2.55 bits per heavy atom. The van der Waals surface area contributed by atoms with Crippen LogP contribution in [0.2, 0.25) is 4.34 Å². The maximum absolute atomic E-state index is 12.9. The highest BCUT2D eigenvalue weighted by atomic mass is 35.5. The minimum Gasteiger partial charge on any atom is -0.370 e. The van der Waals surface area contributed by atoms with Crippen LogP contribution in [0.25, 0.3) is 0 Å². The van der Waals surface area contributed by atoms with Crippen LogP contribution in [0.1, 0.15) is 32.8 Å². The van der Waals surface area contributed by atoms with E-state index in [0.717, 1.165) is 42.8 Å². The summed E-state index contributed by atoms with van der Waals surface area (Å²) in [5.74, 6) is -1.32. The predicted octanol–water partition coefficient (Wildman–Crippen LogP) is 2.22. The van der Waals surface area contributed by atoms with Gasteiger partial charge in [-0.25, -0.2) is 0 Å². The van der Waals surface area contributed by atoms with Crippen LogP contribution in [0.4, 0.5) is 0 Å². The number of nitrogens with two attached hydrogens (primary N) is 1. The summed E-state index contributed by atoms with van der Waals surface area (Å²) < 4.78 is 0.476. The number of benzene rings is 1. The number of amides is 2. The average molecular weight is 434 g/mol. The highest BCUT2D eigenvalue weighted by molar-refractivity contribution is 7.18. The molecule has 3 rings (SSSR count). The van der Waals surface area contributed by atoms with Crippen molar-refractivity contribution in [1.29, 1.82) is 0 Å². The predicted molar refractivity (Wildman–Crippen MR) is 114 cm³/mol. The SMILES string of the molecule is CN1CCc2ccc(CC(=O)[C@@H](CC(N)=O)NC(=O)c3ccc(Cl)s3)cc2CC1. The topological polar surface area (TPSA) is 92.5 Å². The van der Waals surface area contributed by atoms with Gasteiger partial charge in [-0.2, -0.15) is 0 Å². The van der Waals surface area contributed by atoms with E-state index >= 15 is 0 Å². The highest BCUT2D eigenvalue weighted by Gasteiger charge is 2.24. The molecule has 0 saturated carbocycles. The third-order valence-corrected chi connectivity index (χ3v) is 6.30. The molecule has 1 aliphatic heterocycles. The standard InChI is InChI=1S/C21H24ClN3O3S/c1-25-8-6-14-3-2-13(10-15(14)7-9-25)11-17(26)16(12-20(23)27)24-21(28)18-4-5-19(22)29-18/h2-5,10,16H,6-9,11-12H2,1H3,(H2,23,27)(H,24,28)/t16-/m1/s1. The second-order valence-electron chi connectivity index (χ2n) is 7.35. The van der Waals surface area contributed by atoms with E-state index in [1.807, 2.05) is 6.07 Å². The molecular formula is C21H24ClN3O3S. The first-order valence-electron chi connectivity index (χ1n) is 9.48. The third kappa shape index (κ3) is 5.88. The van der Waals surface area contributed by atoms with Crippen molar-refractivity contribution in [2.45, 2.75) is 31.7 Å². The van der Waals surface area contributed by atoms with Gasteiger partial charge in [-0.3, -0.25) is 14.4 Å². The molecule has 0 spiro atoms. The lowest BCUT2D eigenvalue weighted by molar-refractivity contribution is -0.125. The largest absolute Gasteiger partial charge is 0.370 e. The molecule has 1 aromatic carbocycles. The van der Waals surface area contributed by atoms with Gasteiger partial charge in [0.25, 0.3) is 5.91 Å². The Kier molecular flexibility index (Phi) is 7.05. The number of likely N-dealkylation sites (N-methyl/N-ethyl adjacent to an activating group) is 1. The molecule has 0 bridgehead atoms. The summed E-state index contributed by atoms with van der Waals surface area (Å²) in [5.41, 5.74) is 8.74. The molecule has 3 N–H and O–H groups in total. The van der Waals surface area contributed by atoms with E-state index in [4.69, 9.17) is 17.3 Å². The Morgan fingerprint density at radius 2 is 1.90 bits per heavy atom. The number of thiophene rings is 1. The zero-order valence-electron chi connectivity index (χ0n) is 16.2. The quantitative estimate of drug-likeness (QED) is 0.700. The van der Waals surface area contributed by atoms with Gasteiger partial charge >= 0.3 is 0 Å². The molecule has 6 nitrogen and oxygen atoms in total. The number of Topliss-reactive ketones (excluding diaryl/α,β-unsaturated/α-hetero) is 1. The molecule has 2 aromatic rings. The number of hydrogen-bond donors (Lipinski definition) is 2. The minimum atomic E-state index is -0.967. The van der Waals surface area contributed by atoms with Gasteiger partial charge in [0.05, 0.1) is 21.7 Å². The summed E-state index contributed by atoms with van der Waals surface area (Å²) in [6.07, 6.45) is 1.82. The van der Waals surface area contributed by atoms with Crippen molar-refractivity contribution in [1.82, 2.24) is 10.2 Å².